The molecular weight excluding hydrogens is 278 g/mol. The molecule has 0 aliphatic carbocycles. The number of carbonyl (C=O) groups is 1. The van der Waals surface area contributed by atoms with Crippen molar-refractivity contribution in [2.45, 2.75) is 56.2 Å². The van der Waals surface area contributed by atoms with Gasteiger partial charge in [0.05, 0.1) is 5.25 Å². The first kappa shape index (κ1) is 16.4. The SMILES string of the molecule is CCC[C@@H](C)NC(=O)[C@@H](CC)Sc1ccc(Cl)cc1. The van der Waals surface area contributed by atoms with Gasteiger partial charge in [0.2, 0.25) is 5.91 Å². The highest BCUT2D eigenvalue weighted by Crippen LogP contribution is 2.26. The summed E-state index contributed by atoms with van der Waals surface area (Å²) in [5, 5.41) is 3.76. The highest BCUT2D eigenvalue weighted by atomic mass is 35.5. The largest absolute Gasteiger partial charge is 0.353 e. The van der Waals surface area contributed by atoms with Crippen LogP contribution in [-0.2, 0) is 4.79 Å². The Balaban J connectivity index is 2.57. The van der Waals surface area contributed by atoms with Gasteiger partial charge in [-0.3, -0.25) is 4.79 Å². The maximum atomic E-state index is 12.2. The van der Waals surface area contributed by atoms with Crippen LogP contribution in [0.4, 0.5) is 0 Å². The van der Waals surface area contributed by atoms with Crippen molar-refractivity contribution in [2.75, 3.05) is 0 Å². The lowest BCUT2D eigenvalue weighted by molar-refractivity contribution is -0.121. The molecule has 1 amide bonds. The Hall–Kier alpha value is -0.670. The maximum absolute atomic E-state index is 12.2. The van der Waals surface area contributed by atoms with E-state index in [2.05, 4.69) is 19.2 Å². The van der Waals surface area contributed by atoms with Gasteiger partial charge in [-0.15, -0.1) is 11.8 Å². The molecule has 0 spiro atoms. The third-order valence-electron chi connectivity index (χ3n) is 2.87. The van der Waals surface area contributed by atoms with Crippen LogP contribution >= 0.6 is 23.4 Å². The Labute approximate surface area is 125 Å². The number of carbonyl (C=O) groups excluding carboxylic acids is 1. The average molecular weight is 300 g/mol. The Bertz CT molecular complexity index is 394. The van der Waals surface area contributed by atoms with E-state index in [1.54, 1.807) is 11.8 Å². The monoisotopic (exact) mass is 299 g/mol. The molecule has 0 aliphatic rings. The summed E-state index contributed by atoms with van der Waals surface area (Å²) in [4.78, 5) is 13.3. The van der Waals surface area contributed by atoms with Crippen molar-refractivity contribution in [3.8, 4) is 0 Å². The van der Waals surface area contributed by atoms with Gasteiger partial charge in [-0.1, -0.05) is 31.9 Å². The third-order valence-corrected chi connectivity index (χ3v) is 4.49. The molecule has 1 N–H and O–H groups in total. The van der Waals surface area contributed by atoms with E-state index in [-0.39, 0.29) is 17.2 Å². The van der Waals surface area contributed by atoms with E-state index >= 15 is 0 Å². The summed E-state index contributed by atoms with van der Waals surface area (Å²) < 4.78 is 0. The van der Waals surface area contributed by atoms with Crippen molar-refractivity contribution >= 4 is 29.3 Å². The lowest BCUT2D eigenvalue weighted by Crippen LogP contribution is -2.38. The normalized spacial score (nSPS) is 13.9. The van der Waals surface area contributed by atoms with Gasteiger partial charge in [0, 0.05) is 16.0 Å². The van der Waals surface area contributed by atoms with E-state index in [0.29, 0.717) is 0 Å². The minimum atomic E-state index is -0.0412. The Morgan fingerprint density at radius 3 is 2.47 bits per heavy atom. The number of rotatable bonds is 7. The molecule has 4 heteroatoms. The smallest absolute Gasteiger partial charge is 0.233 e. The Kier molecular flexibility index (Phi) is 7.32. The van der Waals surface area contributed by atoms with Crippen LogP contribution in [0.15, 0.2) is 29.2 Å². The molecule has 0 aromatic heterocycles. The molecule has 0 aliphatic heterocycles. The number of benzene rings is 1. The number of hydrogen-bond donors (Lipinski definition) is 1. The summed E-state index contributed by atoms with van der Waals surface area (Å²) >= 11 is 7.45. The lowest BCUT2D eigenvalue weighted by atomic mass is 10.2. The highest BCUT2D eigenvalue weighted by Gasteiger charge is 2.19. The standard InChI is InChI=1S/C15H22ClNOS/c1-4-6-11(3)17-15(18)14(5-2)19-13-9-7-12(16)8-10-13/h7-11,14H,4-6H2,1-3H3,(H,17,18)/t11-,14-/m1/s1. The van der Waals surface area contributed by atoms with Crippen LogP contribution in [0.3, 0.4) is 0 Å². The van der Waals surface area contributed by atoms with Gasteiger partial charge in [-0.2, -0.15) is 0 Å². The molecule has 0 unspecified atom stereocenters. The number of nitrogens with one attached hydrogen (secondary N) is 1. The minimum Gasteiger partial charge on any atom is -0.353 e. The minimum absolute atomic E-state index is 0.0412. The summed E-state index contributed by atoms with van der Waals surface area (Å²) in [5.74, 6) is 0.128. The topological polar surface area (TPSA) is 29.1 Å². The molecule has 0 heterocycles. The van der Waals surface area contributed by atoms with Crippen LogP contribution in [0.5, 0.6) is 0 Å². The van der Waals surface area contributed by atoms with Gasteiger partial charge < -0.3 is 5.32 Å². The molecule has 2 atom stereocenters. The molecule has 0 saturated heterocycles. The van der Waals surface area contributed by atoms with Gasteiger partial charge >= 0.3 is 0 Å². The zero-order chi connectivity index (χ0) is 14.3. The van der Waals surface area contributed by atoms with Crippen LogP contribution in [-0.4, -0.2) is 17.2 Å². The van der Waals surface area contributed by atoms with Crippen molar-refractivity contribution in [1.29, 1.82) is 0 Å². The van der Waals surface area contributed by atoms with Crippen LogP contribution in [0.25, 0.3) is 0 Å². The molecule has 1 aromatic rings. The zero-order valence-corrected chi connectivity index (χ0v) is 13.4. The third kappa shape index (κ3) is 5.87. The quantitative estimate of drug-likeness (QED) is 0.750. The molecule has 106 valence electrons. The summed E-state index contributed by atoms with van der Waals surface area (Å²) in [5.41, 5.74) is 0. The second-order valence-electron chi connectivity index (χ2n) is 4.67. The van der Waals surface area contributed by atoms with E-state index in [9.17, 15) is 4.79 Å². The molecule has 0 radical (unpaired) electrons. The first-order chi connectivity index (χ1) is 9.06. The average Bonchev–Trinajstić information content (AvgIpc) is 2.38. The predicted molar refractivity (Wildman–Crippen MR) is 83.9 cm³/mol. The second-order valence-corrected chi connectivity index (χ2v) is 6.38. The predicted octanol–water partition coefficient (Wildman–Crippen LogP) is 4.52. The van der Waals surface area contributed by atoms with Gasteiger partial charge in [-0.05, 0) is 44.0 Å². The fraction of sp³-hybridized carbons (Fsp3) is 0.533. The highest BCUT2D eigenvalue weighted by molar-refractivity contribution is 8.00. The van der Waals surface area contributed by atoms with Crippen LogP contribution in [0.2, 0.25) is 5.02 Å². The van der Waals surface area contributed by atoms with Crippen molar-refractivity contribution in [1.82, 2.24) is 5.32 Å². The number of hydrogen-bond acceptors (Lipinski definition) is 2. The summed E-state index contributed by atoms with van der Waals surface area (Å²) in [6.07, 6.45) is 2.92. The summed E-state index contributed by atoms with van der Waals surface area (Å²) in [7, 11) is 0. The summed E-state index contributed by atoms with van der Waals surface area (Å²) in [6, 6.07) is 7.87. The number of halogens is 1. The van der Waals surface area contributed by atoms with E-state index < -0.39 is 0 Å². The van der Waals surface area contributed by atoms with Crippen molar-refractivity contribution in [2.24, 2.45) is 0 Å². The van der Waals surface area contributed by atoms with Gasteiger partial charge in [-0.25, -0.2) is 0 Å². The van der Waals surface area contributed by atoms with Gasteiger partial charge in [0.15, 0.2) is 0 Å². The first-order valence-electron chi connectivity index (χ1n) is 6.79. The van der Waals surface area contributed by atoms with E-state index in [1.807, 2.05) is 31.2 Å². The van der Waals surface area contributed by atoms with Crippen LogP contribution < -0.4 is 5.32 Å². The molecular formula is C15H22ClNOS. The zero-order valence-electron chi connectivity index (χ0n) is 11.8. The van der Waals surface area contributed by atoms with Crippen molar-refractivity contribution in [3.63, 3.8) is 0 Å². The second kappa shape index (κ2) is 8.49. The van der Waals surface area contributed by atoms with Crippen molar-refractivity contribution in [3.05, 3.63) is 29.3 Å². The van der Waals surface area contributed by atoms with Gasteiger partial charge in [0.1, 0.15) is 0 Å². The summed E-state index contributed by atoms with van der Waals surface area (Å²) in [6.45, 7) is 6.22. The van der Waals surface area contributed by atoms with Crippen molar-refractivity contribution < 1.29 is 4.79 Å². The van der Waals surface area contributed by atoms with E-state index in [0.717, 1.165) is 29.2 Å². The molecule has 0 fully saturated rings. The van der Waals surface area contributed by atoms with Crippen LogP contribution in [0.1, 0.15) is 40.0 Å². The van der Waals surface area contributed by atoms with Crippen LogP contribution in [0, 0.1) is 0 Å². The fourth-order valence-electron chi connectivity index (χ4n) is 1.84. The Morgan fingerprint density at radius 2 is 1.95 bits per heavy atom. The maximum Gasteiger partial charge on any atom is 0.233 e. The lowest BCUT2D eigenvalue weighted by Gasteiger charge is -2.18. The fourth-order valence-corrected chi connectivity index (χ4v) is 2.93. The number of thioether (sulfide) groups is 1. The first-order valence-corrected chi connectivity index (χ1v) is 8.05. The number of amides is 1. The van der Waals surface area contributed by atoms with E-state index in [1.165, 1.54) is 0 Å². The Morgan fingerprint density at radius 1 is 1.32 bits per heavy atom. The molecule has 2 nitrogen and oxygen atoms in total. The molecule has 19 heavy (non-hydrogen) atoms. The molecule has 1 aromatic carbocycles. The molecule has 1 rings (SSSR count). The molecule has 0 saturated carbocycles. The van der Waals surface area contributed by atoms with Gasteiger partial charge in [0.25, 0.3) is 0 Å². The molecule has 0 bridgehead atoms. The van der Waals surface area contributed by atoms with E-state index in [4.69, 9.17) is 11.6 Å².